The first-order valence-electron chi connectivity index (χ1n) is 14.8. The van der Waals surface area contributed by atoms with E-state index in [1.807, 2.05) is 4.57 Å². The quantitative estimate of drug-likeness (QED) is 0.196. The molecule has 1 aromatic heterocycles. The molecular weight excluding hydrogens is 621 g/mol. The lowest BCUT2D eigenvalue weighted by atomic mass is 9.84. The van der Waals surface area contributed by atoms with E-state index in [9.17, 15) is 14.3 Å². The van der Waals surface area contributed by atoms with Crippen molar-refractivity contribution < 1.29 is 37.3 Å². The summed E-state index contributed by atoms with van der Waals surface area (Å²) in [7, 11) is 0. The van der Waals surface area contributed by atoms with E-state index >= 15 is 8.78 Å². The van der Waals surface area contributed by atoms with Crippen LogP contribution in [0, 0.1) is 17.5 Å². The Morgan fingerprint density at radius 1 is 1.00 bits per heavy atom. The lowest BCUT2D eigenvalue weighted by Crippen LogP contribution is -2.35. The van der Waals surface area contributed by atoms with Crippen molar-refractivity contribution in [2.24, 2.45) is 0 Å². The van der Waals surface area contributed by atoms with Gasteiger partial charge in [-0.15, -0.1) is 0 Å². The van der Waals surface area contributed by atoms with Crippen LogP contribution >= 0.6 is 11.6 Å². The van der Waals surface area contributed by atoms with E-state index in [1.54, 1.807) is 43.3 Å². The Morgan fingerprint density at radius 3 is 2.54 bits per heavy atom. The fourth-order valence-corrected chi connectivity index (χ4v) is 6.17. The summed E-state index contributed by atoms with van der Waals surface area (Å²) in [5.74, 6) is -1.89. The van der Waals surface area contributed by atoms with E-state index in [2.05, 4.69) is 4.98 Å². The van der Waals surface area contributed by atoms with Gasteiger partial charge in [-0.25, -0.2) is 22.9 Å². The van der Waals surface area contributed by atoms with Crippen LogP contribution in [0.15, 0.2) is 66.7 Å². The van der Waals surface area contributed by atoms with E-state index in [1.165, 1.54) is 18.2 Å². The van der Waals surface area contributed by atoms with Crippen LogP contribution in [0.3, 0.4) is 0 Å². The van der Waals surface area contributed by atoms with Crippen molar-refractivity contribution in [2.45, 2.75) is 37.8 Å². The number of ether oxygens (including phenoxy) is 3. The summed E-state index contributed by atoms with van der Waals surface area (Å²) < 4.78 is 66.2. The fraction of sp³-hybridized carbons (Fsp3) is 0.257. The van der Waals surface area contributed by atoms with Gasteiger partial charge in [0.25, 0.3) is 0 Å². The predicted molar refractivity (Wildman–Crippen MR) is 165 cm³/mol. The molecule has 0 bridgehead atoms. The summed E-state index contributed by atoms with van der Waals surface area (Å²) in [6, 6.07) is 16.2. The maximum absolute atomic E-state index is 15.9. The van der Waals surface area contributed by atoms with Crippen LogP contribution in [0.25, 0.3) is 22.2 Å². The number of aromatic nitrogens is 2. The Morgan fingerprint density at radius 2 is 1.80 bits per heavy atom. The molecule has 0 aliphatic carbocycles. The summed E-state index contributed by atoms with van der Waals surface area (Å²) in [6.07, 6.45) is 0.711. The molecule has 236 valence electrons. The molecule has 2 aliphatic rings. The Balaban J connectivity index is 1.21. The van der Waals surface area contributed by atoms with E-state index in [0.717, 1.165) is 18.6 Å². The van der Waals surface area contributed by atoms with Crippen molar-refractivity contribution in [3.63, 3.8) is 0 Å². The number of nitrogens with zero attached hydrogens (tertiary/aromatic N) is 2. The minimum absolute atomic E-state index is 0.0161. The molecule has 0 saturated carbocycles. The van der Waals surface area contributed by atoms with Gasteiger partial charge in [-0.2, -0.15) is 0 Å². The molecule has 0 spiro atoms. The topological polar surface area (TPSA) is 82.8 Å². The number of aromatic carboxylic acids is 1. The summed E-state index contributed by atoms with van der Waals surface area (Å²) in [5, 5.41) is 9.78. The van der Waals surface area contributed by atoms with Crippen molar-refractivity contribution in [1.82, 2.24) is 9.55 Å². The van der Waals surface area contributed by atoms with Crippen molar-refractivity contribution >= 4 is 28.6 Å². The number of fused-ring (bicyclic) bond motifs is 2. The molecule has 2 aliphatic heterocycles. The lowest BCUT2D eigenvalue weighted by molar-refractivity contribution is -0.0589. The zero-order valence-electron chi connectivity index (χ0n) is 24.7. The number of halogens is 4. The van der Waals surface area contributed by atoms with E-state index < -0.39 is 28.8 Å². The van der Waals surface area contributed by atoms with Gasteiger partial charge in [-0.3, -0.25) is 0 Å². The molecule has 1 N–H and O–H groups in total. The smallest absolute Gasteiger partial charge is 0.335 e. The standard InChI is InChI=1S/C35H28ClF3N2O5/c1-35(25-7-6-21(36)14-28(25)39)17-45-31-4-2-3-23(33(31)46-18-35)24-15-26(37)20(11-27(24)38)13-32-40-29-8-5-19(34(42)43)12-30(29)41(32)16-22-9-10-44-22/h2-8,11-12,14-15,22H,9-10,13,16-18H2,1H3,(H,42,43)/t22-,35?/m0/s1. The number of imidazole rings is 1. The van der Waals surface area contributed by atoms with E-state index in [4.69, 9.17) is 25.8 Å². The average molecular weight is 649 g/mol. The SMILES string of the molecule is CC1(c2ccc(Cl)cc2F)COc2cccc(-c3cc(F)c(Cc4nc5ccc(C(=O)O)cc5n4C[C@@H]4CCO4)cc3F)c2OC1. The van der Waals surface area contributed by atoms with Gasteiger partial charge in [0.2, 0.25) is 0 Å². The first-order valence-corrected chi connectivity index (χ1v) is 15.1. The van der Waals surface area contributed by atoms with Crippen LogP contribution in [-0.4, -0.2) is 46.6 Å². The van der Waals surface area contributed by atoms with Gasteiger partial charge in [0.1, 0.15) is 36.5 Å². The van der Waals surface area contributed by atoms with Crippen LogP contribution < -0.4 is 9.47 Å². The number of carboxylic acid groups (broad SMARTS) is 1. The van der Waals surface area contributed by atoms with Gasteiger partial charge in [-0.1, -0.05) is 29.8 Å². The third-order valence-electron chi connectivity index (χ3n) is 8.67. The maximum Gasteiger partial charge on any atom is 0.335 e. The molecular formula is C35H28ClF3N2O5. The average Bonchev–Trinajstić information content (AvgIpc) is 3.23. The number of hydrogen-bond donors (Lipinski definition) is 1. The highest BCUT2D eigenvalue weighted by Crippen LogP contribution is 2.44. The molecule has 0 radical (unpaired) electrons. The second-order valence-corrected chi connectivity index (χ2v) is 12.4. The Kier molecular flexibility index (Phi) is 7.65. The van der Waals surface area contributed by atoms with Crippen LogP contribution in [-0.2, 0) is 23.1 Å². The number of benzene rings is 4. The molecule has 5 aromatic rings. The minimum atomic E-state index is -1.07. The summed E-state index contributed by atoms with van der Waals surface area (Å²) in [5.41, 5.74) is 1.05. The highest BCUT2D eigenvalue weighted by atomic mass is 35.5. The number of para-hydroxylation sites is 1. The third-order valence-corrected chi connectivity index (χ3v) is 8.91. The minimum Gasteiger partial charge on any atom is -0.489 e. The monoisotopic (exact) mass is 648 g/mol. The molecule has 3 heterocycles. The molecule has 7 rings (SSSR count). The van der Waals surface area contributed by atoms with Crippen molar-refractivity contribution in [3.8, 4) is 22.6 Å². The first-order chi connectivity index (χ1) is 22.1. The number of hydrogen-bond acceptors (Lipinski definition) is 5. The van der Waals surface area contributed by atoms with E-state index in [-0.39, 0.29) is 58.8 Å². The largest absolute Gasteiger partial charge is 0.489 e. The zero-order chi connectivity index (χ0) is 32.2. The zero-order valence-corrected chi connectivity index (χ0v) is 25.4. The first kappa shape index (κ1) is 30.1. The molecule has 1 unspecified atom stereocenters. The maximum atomic E-state index is 15.9. The molecule has 0 amide bonds. The summed E-state index contributed by atoms with van der Waals surface area (Å²) in [4.78, 5) is 16.3. The van der Waals surface area contributed by atoms with Crippen molar-refractivity contribution in [3.05, 3.63) is 112 Å². The lowest BCUT2D eigenvalue weighted by Gasteiger charge is -2.27. The van der Waals surface area contributed by atoms with Crippen LogP contribution in [0.1, 0.15) is 40.7 Å². The van der Waals surface area contributed by atoms with Gasteiger partial charge in [0.15, 0.2) is 11.5 Å². The Labute approximate surface area is 267 Å². The van der Waals surface area contributed by atoms with Crippen molar-refractivity contribution in [1.29, 1.82) is 0 Å². The molecule has 2 atom stereocenters. The third kappa shape index (κ3) is 5.45. The molecule has 11 heteroatoms. The molecule has 4 aromatic carbocycles. The van der Waals surface area contributed by atoms with Crippen LogP contribution in [0.5, 0.6) is 11.5 Å². The second kappa shape index (κ2) is 11.7. The second-order valence-electron chi connectivity index (χ2n) is 11.9. The number of carbonyl (C=O) groups is 1. The van der Waals surface area contributed by atoms with Crippen LogP contribution in [0.2, 0.25) is 5.02 Å². The summed E-state index contributed by atoms with van der Waals surface area (Å²) in [6.45, 7) is 2.93. The Hall–Kier alpha value is -4.54. The number of rotatable bonds is 7. The van der Waals surface area contributed by atoms with Crippen molar-refractivity contribution in [2.75, 3.05) is 19.8 Å². The fourth-order valence-electron chi connectivity index (χ4n) is 6.01. The van der Waals surface area contributed by atoms with Gasteiger partial charge < -0.3 is 23.9 Å². The predicted octanol–water partition coefficient (Wildman–Crippen LogP) is 7.58. The number of carboxylic acids is 1. The van der Waals surface area contributed by atoms with E-state index in [0.29, 0.717) is 41.3 Å². The Bertz CT molecular complexity index is 2010. The van der Waals surface area contributed by atoms with Crippen LogP contribution in [0.4, 0.5) is 13.2 Å². The summed E-state index contributed by atoms with van der Waals surface area (Å²) >= 11 is 5.95. The van der Waals surface area contributed by atoms with Gasteiger partial charge in [0.05, 0.1) is 34.7 Å². The van der Waals surface area contributed by atoms with Gasteiger partial charge in [0, 0.05) is 34.7 Å². The molecule has 1 saturated heterocycles. The highest BCUT2D eigenvalue weighted by Gasteiger charge is 2.36. The normalized spacial score (nSPS) is 19.1. The molecule has 7 nitrogen and oxygen atoms in total. The molecule has 46 heavy (non-hydrogen) atoms. The molecule has 1 fully saturated rings. The highest BCUT2D eigenvalue weighted by molar-refractivity contribution is 6.30. The van der Waals surface area contributed by atoms with Gasteiger partial charge in [-0.05, 0) is 67.4 Å². The van der Waals surface area contributed by atoms with Gasteiger partial charge >= 0.3 is 5.97 Å².